The van der Waals surface area contributed by atoms with Gasteiger partial charge in [0.15, 0.2) is 5.76 Å². The van der Waals surface area contributed by atoms with Gasteiger partial charge in [-0.05, 0) is 26.7 Å². The summed E-state index contributed by atoms with van der Waals surface area (Å²) in [4.78, 5) is 14.7. The van der Waals surface area contributed by atoms with Crippen LogP contribution in [0.4, 0.5) is 0 Å². The minimum Gasteiger partial charge on any atom is -0.360 e. The van der Waals surface area contributed by atoms with E-state index in [0.29, 0.717) is 38.2 Å². The molecule has 0 spiro atoms. The highest BCUT2D eigenvalue weighted by molar-refractivity contribution is 7.89. The van der Waals surface area contributed by atoms with Crippen LogP contribution in [0.25, 0.3) is 0 Å². The van der Waals surface area contributed by atoms with E-state index in [1.165, 1.54) is 4.31 Å². The lowest BCUT2D eigenvalue weighted by Gasteiger charge is -2.39. The Morgan fingerprint density at radius 1 is 1.20 bits per heavy atom. The highest BCUT2D eigenvalue weighted by Crippen LogP contribution is 2.29. The summed E-state index contributed by atoms with van der Waals surface area (Å²) >= 11 is 0. The second kappa shape index (κ2) is 7.43. The van der Waals surface area contributed by atoms with E-state index in [1.54, 1.807) is 18.7 Å². The maximum absolute atomic E-state index is 12.9. The van der Waals surface area contributed by atoms with Crippen molar-refractivity contribution < 1.29 is 17.7 Å². The van der Waals surface area contributed by atoms with Crippen LogP contribution in [-0.4, -0.2) is 61.4 Å². The summed E-state index contributed by atoms with van der Waals surface area (Å²) < 4.78 is 32.0. The third kappa shape index (κ3) is 3.45. The van der Waals surface area contributed by atoms with Crippen molar-refractivity contribution in [2.24, 2.45) is 11.1 Å². The minimum atomic E-state index is -3.67. The number of carbonyl (C=O) groups is 1. The Kier molecular flexibility index (Phi) is 5.90. The molecule has 2 rings (SSSR count). The first-order valence-corrected chi connectivity index (χ1v) is 10.1. The molecule has 8 nitrogen and oxygen atoms in total. The van der Waals surface area contributed by atoms with Gasteiger partial charge in [-0.15, -0.1) is 0 Å². The Hall–Kier alpha value is -1.45. The quantitative estimate of drug-likeness (QED) is 0.794. The van der Waals surface area contributed by atoms with Crippen molar-refractivity contribution in [1.82, 2.24) is 14.4 Å². The monoisotopic (exact) mass is 372 g/mol. The molecule has 2 heterocycles. The van der Waals surface area contributed by atoms with Crippen molar-refractivity contribution in [2.45, 2.75) is 45.4 Å². The maximum atomic E-state index is 12.9. The fraction of sp³-hybridized carbons (Fsp3) is 0.750. The fourth-order valence-electron chi connectivity index (χ4n) is 3.37. The molecule has 0 saturated carbocycles. The number of nitrogens with zero attached hydrogens (tertiary/aromatic N) is 3. The Morgan fingerprint density at radius 3 is 2.16 bits per heavy atom. The van der Waals surface area contributed by atoms with Gasteiger partial charge in [-0.2, -0.15) is 4.31 Å². The molecule has 1 aliphatic rings. The average molecular weight is 372 g/mol. The van der Waals surface area contributed by atoms with Crippen LogP contribution >= 0.6 is 0 Å². The summed E-state index contributed by atoms with van der Waals surface area (Å²) in [5, 5.41) is 3.73. The van der Waals surface area contributed by atoms with Crippen LogP contribution in [0.3, 0.4) is 0 Å². The van der Waals surface area contributed by atoms with E-state index < -0.39 is 15.4 Å². The second-order valence-electron chi connectivity index (χ2n) is 6.54. The van der Waals surface area contributed by atoms with Crippen molar-refractivity contribution in [1.29, 1.82) is 0 Å². The summed E-state index contributed by atoms with van der Waals surface area (Å²) in [6, 6.07) is 0. The molecule has 1 aliphatic heterocycles. The van der Waals surface area contributed by atoms with Crippen molar-refractivity contribution >= 4 is 15.9 Å². The first-order valence-electron chi connectivity index (χ1n) is 8.66. The summed E-state index contributed by atoms with van der Waals surface area (Å²) in [5.41, 5.74) is 5.66. The third-order valence-corrected chi connectivity index (χ3v) is 7.43. The van der Waals surface area contributed by atoms with Crippen LogP contribution in [-0.2, 0) is 14.8 Å². The van der Waals surface area contributed by atoms with Crippen LogP contribution in [0.1, 0.15) is 38.1 Å². The van der Waals surface area contributed by atoms with Gasteiger partial charge in [0, 0.05) is 32.7 Å². The molecule has 0 radical (unpaired) electrons. The zero-order valence-electron chi connectivity index (χ0n) is 15.4. The van der Waals surface area contributed by atoms with Crippen LogP contribution in [0.2, 0.25) is 0 Å². The van der Waals surface area contributed by atoms with Crippen LogP contribution < -0.4 is 5.73 Å². The number of nitrogens with two attached hydrogens (primary N) is 1. The summed E-state index contributed by atoms with van der Waals surface area (Å²) in [6.45, 7) is 8.67. The molecule has 1 aromatic heterocycles. The number of aromatic nitrogens is 1. The maximum Gasteiger partial charge on any atom is 0.248 e. The lowest BCUT2D eigenvalue weighted by Crippen LogP contribution is -2.55. The average Bonchev–Trinajstić information content (AvgIpc) is 2.96. The zero-order chi connectivity index (χ0) is 18.8. The van der Waals surface area contributed by atoms with Crippen LogP contribution in [0, 0.1) is 19.3 Å². The lowest BCUT2D eigenvalue weighted by molar-refractivity contribution is -0.143. The first kappa shape index (κ1) is 19.9. The molecule has 1 amide bonds. The predicted molar refractivity (Wildman–Crippen MR) is 93.4 cm³/mol. The molecule has 1 saturated heterocycles. The van der Waals surface area contributed by atoms with Crippen LogP contribution in [0.5, 0.6) is 0 Å². The van der Waals surface area contributed by atoms with Gasteiger partial charge in [0.1, 0.15) is 10.6 Å². The second-order valence-corrected chi connectivity index (χ2v) is 8.42. The number of piperazine rings is 1. The number of hydrogen-bond acceptors (Lipinski definition) is 6. The van der Waals surface area contributed by atoms with Gasteiger partial charge in [0.2, 0.25) is 15.9 Å². The highest BCUT2D eigenvalue weighted by Gasteiger charge is 2.40. The zero-order valence-corrected chi connectivity index (χ0v) is 16.2. The molecule has 0 atom stereocenters. The van der Waals surface area contributed by atoms with Gasteiger partial charge >= 0.3 is 0 Å². The summed E-state index contributed by atoms with van der Waals surface area (Å²) in [6.07, 6.45) is 1.35. The smallest absolute Gasteiger partial charge is 0.248 e. The van der Waals surface area contributed by atoms with Crippen molar-refractivity contribution in [2.75, 3.05) is 32.7 Å². The van der Waals surface area contributed by atoms with Gasteiger partial charge in [0.05, 0.1) is 5.41 Å². The van der Waals surface area contributed by atoms with Crippen LogP contribution in [0.15, 0.2) is 9.42 Å². The number of rotatable bonds is 6. The number of sulfonamides is 1. The molecule has 0 unspecified atom stereocenters. The number of amides is 1. The van der Waals surface area contributed by atoms with Gasteiger partial charge in [-0.25, -0.2) is 8.42 Å². The number of carbonyl (C=O) groups excluding carboxylic acids is 1. The van der Waals surface area contributed by atoms with E-state index in [2.05, 4.69) is 5.16 Å². The van der Waals surface area contributed by atoms with Gasteiger partial charge in [0.25, 0.3) is 0 Å². The molecular weight excluding hydrogens is 344 g/mol. The fourth-order valence-corrected chi connectivity index (χ4v) is 5.08. The molecule has 25 heavy (non-hydrogen) atoms. The molecule has 0 aliphatic carbocycles. The van der Waals surface area contributed by atoms with E-state index in [1.807, 2.05) is 13.8 Å². The molecule has 9 heteroatoms. The predicted octanol–water partition coefficient (Wildman–Crippen LogP) is 0.889. The molecule has 2 N–H and O–H groups in total. The Labute approximate surface area is 149 Å². The molecular formula is C16H28N4O4S. The molecule has 1 fully saturated rings. The Morgan fingerprint density at radius 2 is 1.76 bits per heavy atom. The standard InChI is InChI=1S/C16H28N4O4S/c1-5-16(6-2,11-17)15(21)19-7-9-20(10-8-19)25(22,23)14-12(3)18-24-13(14)4/h5-11,17H2,1-4H3. The SMILES string of the molecule is CCC(CC)(CN)C(=O)N1CCN(S(=O)(=O)c2c(C)noc2C)CC1. The first-order chi connectivity index (χ1) is 11.7. The third-order valence-electron chi connectivity index (χ3n) is 5.29. The number of aryl methyl sites for hydroxylation is 2. The van der Waals surface area contributed by atoms with Gasteiger partial charge in [-0.1, -0.05) is 19.0 Å². The van der Waals surface area contributed by atoms with E-state index in [9.17, 15) is 13.2 Å². The highest BCUT2D eigenvalue weighted by atomic mass is 32.2. The Bertz CT molecular complexity index is 689. The lowest BCUT2D eigenvalue weighted by atomic mass is 9.81. The van der Waals surface area contributed by atoms with E-state index >= 15 is 0 Å². The molecule has 0 aromatic carbocycles. The largest absolute Gasteiger partial charge is 0.360 e. The van der Waals surface area contributed by atoms with Gasteiger partial charge < -0.3 is 15.2 Å². The topological polar surface area (TPSA) is 110 Å². The summed E-state index contributed by atoms with van der Waals surface area (Å²) in [7, 11) is -3.67. The molecule has 142 valence electrons. The summed E-state index contributed by atoms with van der Waals surface area (Å²) in [5.74, 6) is 0.310. The van der Waals surface area contributed by atoms with Crippen molar-refractivity contribution in [3.63, 3.8) is 0 Å². The van der Waals surface area contributed by atoms with E-state index in [0.717, 1.165) is 0 Å². The Balaban J connectivity index is 2.13. The van der Waals surface area contributed by atoms with Crippen molar-refractivity contribution in [3.05, 3.63) is 11.5 Å². The molecule has 0 bridgehead atoms. The normalized spacial score (nSPS) is 17.1. The van der Waals surface area contributed by atoms with Crippen molar-refractivity contribution in [3.8, 4) is 0 Å². The van der Waals surface area contributed by atoms with Gasteiger partial charge in [-0.3, -0.25) is 4.79 Å². The minimum absolute atomic E-state index is 0.0226. The van der Waals surface area contributed by atoms with E-state index in [4.69, 9.17) is 10.3 Å². The molecule has 1 aromatic rings. The van der Waals surface area contributed by atoms with E-state index in [-0.39, 0.29) is 29.7 Å². The number of hydrogen-bond donors (Lipinski definition) is 1.